The van der Waals surface area contributed by atoms with Crippen LogP contribution < -0.4 is 10.1 Å². The third-order valence-electron chi connectivity index (χ3n) is 2.50. The van der Waals surface area contributed by atoms with Crippen molar-refractivity contribution in [1.82, 2.24) is 9.97 Å². The lowest BCUT2D eigenvalue weighted by molar-refractivity contribution is 0.317. The number of rotatable bonds is 5. The first kappa shape index (κ1) is 12.4. The zero-order chi connectivity index (χ0) is 12.8. The molecule has 4 heteroatoms. The van der Waals surface area contributed by atoms with Crippen LogP contribution in [-0.4, -0.2) is 23.6 Å². The Kier molecular flexibility index (Phi) is 4.12. The van der Waals surface area contributed by atoms with Gasteiger partial charge in [0.25, 0.3) is 0 Å². The van der Waals surface area contributed by atoms with E-state index in [1.165, 1.54) is 0 Å². The second-order valence-corrected chi connectivity index (χ2v) is 3.89. The fourth-order valence-corrected chi connectivity index (χ4v) is 1.56. The molecule has 1 aromatic carbocycles. The molecule has 18 heavy (non-hydrogen) atoms. The van der Waals surface area contributed by atoms with Gasteiger partial charge in [-0.2, -0.15) is 0 Å². The highest BCUT2D eigenvalue weighted by Gasteiger charge is 2.02. The molecular formula is C14H17N3O. The molecule has 0 aliphatic rings. The van der Waals surface area contributed by atoms with Gasteiger partial charge in [0.2, 0.25) is 0 Å². The molecule has 0 amide bonds. The van der Waals surface area contributed by atoms with Crippen molar-refractivity contribution < 1.29 is 4.74 Å². The van der Waals surface area contributed by atoms with Crippen molar-refractivity contribution in [2.24, 2.45) is 0 Å². The summed E-state index contributed by atoms with van der Waals surface area (Å²) in [6, 6.07) is 9.67. The summed E-state index contributed by atoms with van der Waals surface area (Å²) in [5, 5.41) is 3.00. The molecule has 0 aliphatic heterocycles. The van der Waals surface area contributed by atoms with Crippen LogP contribution in [0.15, 0.2) is 36.5 Å². The van der Waals surface area contributed by atoms with Crippen molar-refractivity contribution in [2.75, 3.05) is 19.0 Å². The largest absolute Gasteiger partial charge is 0.494 e. The molecule has 0 bridgehead atoms. The second kappa shape index (κ2) is 6.00. The van der Waals surface area contributed by atoms with Gasteiger partial charge in [-0.1, -0.05) is 6.92 Å². The summed E-state index contributed by atoms with van der Waals surface area (Å²) in [5.74, 6) is 2.40. The fraction of sp³-hybridized carbons (Fsp3) is 0.286. The summed E-state index contributed by atoms with van der Waals surface area (Å²) < 4.78 is 5.54. The highest BCUT2D eigenvalue weighted by molar-refractivity contribution is 5.57. The van der Waals surface area contributed by atoms with Crippen LogP contribution in [0.1, 0.15) is 13.3 Å². The predicted molar refractivity (Wildman–Crippen MR) is 72.8 cm³/mol. The Labute approximate surface area is 107 Å². The molecule has 0 aliphatic carbocycles. The van der Waals surface area contributed by atoms with Gasteiger partial charge in [-0.25, -0.2) is 9.97 Å². The average Bonchev–Trinajstić information content (AvgIpc) is 2.46. The molecule has 1 N–H and O–H groups in total. The number of aromatic nitrogens is 2. The molecule has 94 valence electrons. The van der Waals surface area contributed by atoms with E-state index < -0.39 is 0 Å². The van der Waals surface area contributed by atoms with Crippen LogP contribution in [0, 0.1) is 0 Å². The molecular weight excluding hydrogens is 226 g/mol. The van der Waals surface area contributed by atoms with E-state index in [0.717, 1.165) is 30.2 Å². The predicted octanol–water partition coefficient (Wildman–Crippen LogP) is 2.97. The molecule has 1 aromatic heterocycles. The van der Waals surface area contributed by atoms with E-state index in [1.807, 2.05) is 37.4 Å². The summed E-state index contributed by atoms with van der Waals surface area (Å²) in [6.07, 6.45) is 2.75. The van der Waals surface area contributed by atoms with Crippen LogP contribution in [0.5, 0.6) is 5.75 Å². The maximum Gasteiger partial charge on any atom is 0.161 e. The van der Waals surface area contributed by atoms with Gasteiger partial charge in [-0.05, 0) is 36.8 Å². The van der Waals surface area contributed by atoms with Gasteiger partial charge in [-0.15, -0.1) is 0 Å². The lowest BCUT2D eigenvalue weighted by Gasteiger charge is -2.06. The Bertz CT molecular complexity index is 497. The Morgan fingerprint density at radius 2 is 1.94 bits per heavy atom. The van der Waals surface area contributed by atoms with E-state index in [0.29, 0.717) is 5.82 Å². The number of nitrogens with one attached hydrogen (secondary N) is 1. The minimum Gasteiger partial charge on any atom is -0.494 e. The number of ether oxygens (including phenoxy) is 1. The number of nitrogens with zero attached hydrogens (tertiary/aromatic N) is 2. The first-order chi connectivity index (χ1) is 8.83. The van der Waals surface area contributed by atoms with E-state index in [4.69, 9.17) is 4.74 Å². The molecule has 0 radical (unpaired) electrons. The smallest absolute Gasteiger partial charge is 0.161 e. The Morgan fingerprint density at radius 1 is 1.17 bits per heavy atom. The van der Waals surface area contributed by atoms with Crippen LogP contribution in [0.2, 0.25) is 0 Å². The number of hydrogen-bond acceptors (Lipinski definition) is 4. The molecule has 1 heterocycles. The number of benzene rings is 1. The quantitative estimate of drug-likeness (QED) is 0.877. The van der Waals surface area contributed by atoms with Gasteiger partial charge in [0.15, 0.2) is 5.82 Å². The summed E-state index contributed by atoms with van der Waals surface area (Å²) >= 11 is 0. The van der Waals surface area contributed by atoms with E-state index in [-0.39, 0.29) is 0 Å². The van der Waals surface area contributed by atoms with Gasteiger partial charge in [0.1, 0.15) is 11.6 Å². The minimum atomic E-state index is 0.712. The van der Waals surface area contributed by atoms with Crippen molar-refractivity contribution in [3.8, 4) is 17.1 Å². The van der Waals surface area contributed by atoms with Crippen molar-refractivity contribution >= 4 is 5.82 Å². The van der Waals surface area contributed by atoms with Gasteiger partial charge in [0, 0.05) is 18.8 Å². The number of hydrogen-bond donors (Lipinski definition) is 1. The van der Waals surface area contributed by atoms with Gasteiger partial charge in [0.05, 0.1) is 6.61 Å². The molecule has 0 saturated carbocycles. The SMILES string of the molecule is CCCOc1ccc(-c2nccc(NC)n2)cc1. The first-order valence-corrected chi connectivity index (χ1v) is 6.07. The fourth-order valence-electron chi connectivity index (χ4n) is 1.56. The molecule has 2 rings (SSSR count). The van der Waals surface area contributed by atoms with Gasteiger partial charge >= 0.3 is 0 Å². The van der Waals surface area contributed by atoms with Crippen LogP contribution in [-0.2, 0) is 0 Å². The second-order valence-electron chi connectivity index (χ2n) is 3.89. The average molecular weight is 243 g/mol. The van der Waals surface area contributed by atoms with Crippen LogP contribution in [0.3, 0.4) is 0 Å². The minimum absolute atomic E-state index is 0.712. The standard InChI is InChI=1S/C14H17N3O/c1-3-10-18-12-6-4-11(5-7-12)14-16-9-8-13(15-2)17-14/h4-9H,3,10H2,1-2H3,(H,15,16,17). The molecule has 4 nitrogen and oxygen atoms in total. The normalized spacial score (nSPS) is 10.1. The molecule has 0 spiro atoms. The summed E-state index contributed by atoms with van der Waals surface area (Å²) in [5.41, 5.74) is 0.982. The molecule has 0 fully saturated rings. The molecule has 2 aromatic rings. The third kappa shape index (κ3) is 2.97. The highest BCUT2D eigenvalue weighted by atomic mass is 16.5. The van der Waals surface area contributed by atoms with Crippen molar-refractivity contribution in [3.63, 3.8) is 0 Å². The topological polar surface area (TPSA) is 47.0 Å². The van der Waals surface area contributed by atoms with E-state index in [9.17, 15) is 0 Å². The first-order valence-electron chi connectivity index (χ1n) is 6.07. The lowest BCUT2D eigenvalue weighted by atomic mass is 10.2. The zero-order valence-corrected chi connectivity index (χ0v) is 10.7. The van der Waals surface area contributed by atoms with E-state index >= 15 is 0 Å². The third-order valence-corrected chi connectivity index (χ3v) is 2.50. The molecule has 0 unspecified atom stereocenters. The van der Waals surface area contributed by atoms with Crippen molar-refractivity contribution in [3.05, 3.63) is 36.5 Å². The zero-order valence-electron chi connectivity index (χ0n) is 10.7. The Morgan fingerprint density at radius 3 is 2.61 bits per heavy atom. The van der Waals surface area contributed by atoms with Gasteiger partial charge in [-0.3, -0.25) is 0 Å². The summed E-state index contributed by atoms with van der Waals surface area (Å²) in [4.78, 5) is 8.65. The summed E-state index contributed by atoms with van der Waals surface area (Å²) in [6.45, 7) is 2.83. The molecule has 0 saturated heterocycles. The maximum absolute atomic E-state index is 5.54. The maximum atomic E-state index is 5.54. The Hall–Kier alpha value is -2.10. The number of anilines is 1. The van der Waals surface area contributed by atoms with Crippen LogP contribution in [0.25, 0.3) is 11.4 Å². The van der Waals surface area contributed by atoms with Crippen LogP contribution >= 0.6 is 0 Å². The van der Waals surface area contributed by atoms with Crippen molar-refractivity contribution in [2.45, 2.75) is 13.3 Å². The molecule has 0 atom stereocenters. The van der Waals surface area contributed by atoms with Crippen LogP contribution in [0.4, 0.5) is 5.82 Å². The van der Waals surface area contributed by atoms with Crippen molar-refractivity contribution in [1.29, 1.82) is 0 Å². The Balaban J connectivity index is 2.17. The summed E-state index contributed by atoms with van der Waals surface area (Å²) in [7, 11) is 1.84. The lowest BCUT2D eigenvalue weighted by Crippen LogP contribution is -1.96. The van der Waals surface area contributed by atoms with Gasteiger partial charge < -0.3 is 10.1 Å². The monoisotopic (exact) mass is 243 g/mol. The van der Waals surface area contributed by atoms with E-state index in [2.05, 4.69) is 22.2 Å². The highest BCUT2D eigenvalue weighted by Crippen LogP contribution is 2.20. The van der Waals surface area contributed by atoms with E-state index in [1.54, 1.807) is 6.20 Å².